The zero-order valence-corrected chi connectivity index (χ0v) is 14.8. The Labute approximate surface area is 148 Å². The van der Waals surface area contributed by atoms with Gasteiger partial charge in [-0.1, -0.05) is 31.0 Å². The van der Waals surface area contributed by atoms with E-state index in [9.17, 15) is 4.79 Å². The SMILES string of the molecule is CCCCOc1ccc(NC(=O)CNc2ccc(C)c(Cl)c2)cc1. The fourth-order valence-corrected chi connectivity index (χ4v) is 2.24. The summed E-state index contributed by atoms with van der Waals surface area (Å²) in [6, 6.07) is 13.0. The first-order chi connectivity index (χ1) is 11.6. The van der Waals surface area contributed by atoms with Crippen molar-refractivity contribution in [3.8, 4) is 5.75 Å². The number of ether oxygens (including phenoxy) is 1. The van der Waals surface area contributed by atoms with Crippen molar-refractivity contribution < 1.29 is 9.53 Å². The van der Waals surface area contributed by atoms with Crippen LogP contribution in [-0.2, 0) is 4.79 Å². The van der Waals surface area contributed by atoms with Crippen molar-refractivity contribution in [3.63, 3.8) is 0 Å². The van der Waals surface area contributed by atoms with Gasteiger partial charge in [0, 0.05) is 16.4 Å². The van der Waals surface area contributed by atoms with Gasteiger partial charge in [-0.2, -0.15) is 0 Å². The molecule has 0 aliphatic rings. The van der Waals surface area contributed by atoms with Crippen molar-refractivity contribution in [2.45, 2.75) is 26.7 Å². The summed E-state index contributed by atoms with van der Waals surface area (Å²) in [7, 11) is 0. The molecule has 4 nitrogen and oxygen atoms in total. The zero-order valence-electron chi connectivity index (χ0n) is 14.1. The molecule has 0 heterocycles. The molecule has 5 heteroatoms. The minimum atomic E-state index is -0.119. The maximum atomic E-state index is 12.0. The molecule has 1 amide bonds. The second-order valence-corrected chi connectivity index (χ2v) is 6.00. The number of anilines is 2. The number of halogens is 1. The number of hydrogen-bond acceptors (Lipinski definition) is 3. The van der Waals surface area contributed by atoms with E-state index in [1.165, 1.54) is 0 Å². The molecule has 24 heavy (non-hydrogen) atoms. The number of nitrogens with one attached hydrogen (secondary N) is 2. The molecule has 0 aliphatic heterocycles. The highest BCUT2D eigenvalue weighted by molar-refractivity contribution is 6.31. The van der Waals surface area contributed by atoms with Crippen LogP contribution in [0.15, 0.2) is 42.5 Å². The monoisotopic (exact) mass is 346 g/mol. The summed E-state index contributed by atoms with van der Waals surface area (Å²) in [5, 5.41) is 6.58. The molecule has 0 fully saturated rings. The van der Waals surface area contributed by atoms with Gasteiger partial charge in [0.15, 0.2) is 0 Å². The van der Waals surface area contributed by atoms with E-state index < -0.39 is 0 Å². The van der Waals surface area contributed by atoms with Crippen LogP contribution < -0.4 is 15.4 Å². The molecule has 0 aromatic heterocycles. The number of carbonyl (C=O) groups excluding carboxylic acids is 1. The Kier molecular flexibility index (Phi) is 6.94. The van der Waals surface area contributed by atoms with E-state index >= 15 is 0 Å². The van der Waals surface area contributed by atoms with Gasteiger partial charge in [0.25, 0.3) is 0 Å². The standard InChI is InChI=1S/C19H23ClN2O2/c1-3-4-11-24-17-9-7-15(8-10-17)22-19(23)13-21-16-6-5-14(2)18(20)12-16/h5-10,12,21H,3-4,11,13H2,1-2H3,(H,22,23). The van der Waals surface area contributed by atoms with E-state index in [0.717, 1.165) is 35.5 Å². The number of unbranched alkanes of at least 4 members (excludes halogenated alkanes) is 1. The quantitative estimate of drug-likeness (QED) is 0.670. The average Bonchev–Trinajstić information content (AvgIpc) is 2.58. The van der Waals surface area contributed by atoms with Crippen molar-refractivity contribution in [2.24, 2.45) is 0 Å². The van der Waals surface area contributed by atoms with Crippen LogP contribution in [0.5, 0.6) is 5.75 Å². The van der Waals surface area contributed by atoms with Gasteiger partial charge in [0.2, 0.25) is 5.91 Å². The first-order valence-corrected chi connectivity index (χ1v) is 8.49. The van der Waals surface area contributed by atoms with E-state index in [1.807, 2.05) is 49.4 Å². The van der Waals surface area contributed by atoms with Crippen LogP contribution in [0.1, 0.15) is 25.3 Å². The molecule has 0 aliphatic carbocycles. The fraction of sp³-hybridized carbons (Fsp3) is 0.316. The first-order valence-electron chi connectivity index (χ1n) is 8.11. The summed E-state index contributed by atoms with van der Waals surface area (Å²) in [6.45, 7) is 4.95. The minimum absolute atomic E-state index is 0.119. The second-order valence-electron chi connectivity index (χ2n) is 5.59. The van der Waals surface area contributed by atoms with E-state index in [1.54, 1.807) is 0 Å². The number of rotatable bonds is 8. The van der Waals surface area contributed by atoms with Crippen LogP contribution in [0.4, 0.5) is 11.4 Å². The van der Waals surface area contributed by atoms with Gasteiger partial charge in [-0.25, -0.2) is 0 Å². The number of hydrogen-bond donors (Lipinski definition) is 2. The third-order valence-corrected chi connectivity index (χ3v) is 3.94. The Morgan fingerprint density at radius 2 is 1.83 bits per heavy atom. The Morgan fingerprint density at radius 3 is 2.50 bits per heavy atom. The lowest BCUT2D eigenvalue weighted by molar-refractivity contribution is -0.114. The lowest BCUT2D eigenvalue weighted by Gasteiger charge is -2.10. The fourth-order valence-electron chi connectivity index (χ4n) is 2.06. The lowest BCUT2D eigenvalue weighted by Crippen LogP contribution is -2.21. The molecular formula is C19H23ClN2O2. The molecule has 0 saturated heterocycles. The third-order valence-electron chi connectivity index (χ3n) is 3.53. The Morgan fingerprint density at radius 1 is 1.12 bits per heavy atom. The highest BCUT2D eigenvalue weighted by Crippen LogP contribution is 2.20. The van der Waals surface area contributed by atoms with Gasteiger partial charge >= 0.3 is 0 Å². The van der Waals surface area contributed by atoms with Crippen LogP contribution in [0.2, 0.25) is 5.02 Å². The average molecular weight is 347 g/mol. The molecule has 0 spiro atoms. The summed E-state index contributed by atoms with van der Waals surface area (Å²) in [5.74, 6) is 0.695. The molecule has 0 saturated carbocycles. The molecule has 0 bridgehead atoms. The van der Waals surface area contributed by atoms with Gasteiger partial charge in [-0.15, -0.1) is 0 Å². The Hall–Kier alpha value is -2.20. The van der Waals surface area contributed by atoms with Crippen molar-refractivity contribution in [3.05, 3.63) is 53.1 Å². The second kappa shape index (κ2) is 9.18. The van der Waals surface area contributed by atoms with E-state index in [-0.39, 0.29) is 12.5 Å². The van der Waals surface area contributed by atoms with Crippen molar-refractivity contribution >= 4 is 28.9 Å². The van der Waals surface area contributed by atoms with E-state index in [2.05, 4.69) is 17.6 Å². The van der Waals surface area contributed by atoms with Crippen LogP contribution in [0, 0.1) is 6.92 Å². The smallest absolute Gasteiger partial charge is 0.243 e. The molecule has 0 atom stereocenters. The van der Waals surface area contributed by atoms with Gasteiger partial charge < -0.3 is 15.4 Å². The van der Waals surface area contributed by atoms with Gasteiger partial charge in [0.05, 0.1) is 13.2 Å². The molecule has 128 valence electrons. The lowest BCUT2D eigenvalue weighted by atomic mass is 10.2. The van der Waals surface area contributed by atoms with Crippen molar-refractivity contribution in [1.29, 1.82) is 0 Å². The number of amides is 1. The van der Waals surface area contributed by atoms with Crippen LogP contribution in [0.3, 0.4) is 0 Å². The number of benzene rings is 2. The summed E-state index contributed by atoms with van der Waals surface area (Å²) in [5.41, 5.74) is 2.57. The molecule has 2 rings (SSSR count). The largest absolute Gasteiger partial charge is 0.494 e. The van der Waals surface area contributed by atoms with Gasteiger partial charge in [-0.05, 0) is 55.3 Å². The maximum absolute atomic E-state index is 12.0. The topological polar surface area (TPSA) is 50.4 Å². The normalized spacial score (nSPS) is 10.3. The van der Waals surface area contributed by atoms with Crippen LogP contribution in [0.25, 0.3) is 0 Å². The van der Waals surface area contributed by atoms with E-state index in [4.69, 9.17) is 16.3 Å². The Bertz CT molecular complexity index is 672. The first kappa shape index (κ1) is 18.1. The third kappa shape index (κ3) is 5.78. The van der Waals surface area contributed by atoms with Gasteiger partial charge in [-0.3, -0.25) is 4.79 Å². The minimum Gasteiger partial charge on any atom is -0.494 e. The Balaban J connectivity index is 1.80. The van der Waals surface area contributed by atoms with Crippen molar-refractivity contribution in [2.75, 3.05) is 23.8 Å². The summed E-state index contributed by atoms with van der Waals surface area (Å²) >= 11 is 6.07. The predicted molar refractivity (Wildman–Crippen MR) is 100 cm³/mol. The summed E-state index contributed by atoms with van der Waals surface area (Å²) in [4.78, 5) is 12.0. The predicted octanol–water partition coefficient (Wildman–Crippen LogP) is 4.88. The molecule has 2 aromatic carbocycles. The molecular weight excluding hydrogens is 324 g/mol. The highest BCUT2D eigenvalue weighted by Gasteiger charge is 2.04. The maximum Gasteiger partial charge on any atom is 0.243 e. The van der Waals surface area contributed by atoms with Crippen LogP contribution >= 0.6 is 11.6 Å². The summed E-state index contributed by atoms with van der Waals surface area (Å²) < 4.78 is 5.59. The highest BCUT2D eigenvalue weighted by atomic mass is 35.5. The van der Waals surface area contributed by atoms with Gasteiger partial charge in [0.1, 0.15) is 5.75 Å². The molecule has 2 aromatic rings. The number of carbonyl (C=O) groups is 1. The zero-order chi connectivity index (χ0) is 17.4. The molecule has 2 N–H and O–H groups in total. The van der Waals surface area contributed by atoms with Crippen LogP contribution in [-0.4, -0.2) is 19.1 Å². The summed E-state index contributed by atoms with van der Waals surface area (Å²) in [6.07, 6.45) is 2.14. The van der Waals surface area contributed by atoms with E-state index in [0.29, 0.717) is 11.6 Å². The molecule has 0 unspecified atom stereocenters. The number of aryl methyl sites for hydroxylation is 1. The molecule has 0 radical (unpaired) electrons. The van der Waals surface area contributed by atoms with Crippen molar-refractivity contribution in [1.82, 2.24) is 0 Å².